The molecule has 0 aromatic heterocycles. The molecule has 1 aromatic rings. The summed E-state index contributed by atoms with van der Waals surface area (Å²) in [7, 11) is 0. The van der Waals surface area contributed by atoms with Gasteiger partial charge in [-0.3, -0.25) is 4.79 Å². The van der Waals surface area contributed by atoms with Crippen LogP contribution in [0.5, 0.6) is 0 Å². The summed E-state index contributed by atoms with van der Waals surface area (Å²) in [6.07, 6.45) is 2.73. The fourth-order valence-electron chi connectivity index (χ4n) is 1.73. The van der Waals surface area contributed by atoms with Gasteiger partial charge in [-0.05, 0) is 47.0 Å². The first-order valence-corrected chi connectivity index (χ1v) is 6.11. The molecule has 1 fully saturated rings. The van der Waals surface area contributed by atoms with E-state index in [2.05, 4.69) is 15.9 Å². The third kappa shape index (κ3) is 2.34. The highest BCUT2D eigenvalue weighted by atomic mass is 79.9. The van der Waals surface area contributed by atoms with Crippen molar-refractivity contribution in [3.63, 3.8) is 0 Å². The number of rotatable bonds is 1. The van der Waals surface area contributed by atoms with Gasteiger partial charge in [0.2, 0.25) is 5.91 Å². The highest BCUT2D eigenvalue weighted by Crippen LogP contribution is 2.29. The van der Waals surface area contributed by atoms with Crippen LogP contribution in [0, 0.1) is 0 Å². The molecule has 0 aliphatic carbocycles. The zero-order valence-electron chi connectivity index (χ0n) is 8.17. The van der Waals surface area contributed by atoms with Gasteiger partial charge in [0, 0.05) is 23.1 Å². The van der Waals surface area contributed by atoms with Crippen LogP contribution in [-0.4, -0.2) is 12.5 Å². The normalized spacial score (nSPS) is 16.9. The van der Waals surface area contributed by atoms with Gasteiger partial charge in [-0.1, -0.05) is 11.6 Å². The number of amides is 1. The van der Waals surface area contributed by atoms with E-state index in [1.54, 1.807) is 0 Å². The van der Waals surface area contributed by atoms with Crippen LogP contribution in [0.3, 0.4) is 0 Å². The summed E-state index contributed by atoms with van der Waals surface area (Å²) in [4.78, 5) is 13.5. The molecule has 0 atom stereocenters. The lowest BCUT2D eigenvalue weighted by Gasteiger charge is -2.27. The van der Waals surface area contributed by atoms with Crippen molar-refractivity contribution in [1.82, 2.24) is 0 Å². The zero-order valence-corrected chi connectivity index (χ0v) is 10.5. The summed E-state index contributed by atoms with van der Waals surface area (Å²) in [5, 5.41) is 0.670. The number of anilines is 1. The quantitative estimate of drug-likeness (QED) is 0.773. The minimum atomic E-state index is 0.204. The van der Waals surface area contributed by atoms with Crippen molar-refractivity contribution in [1.29, 1.82) is 0 Å². The smallest absolute Gasteiger partial charge is 0.226 e. The molecule has 1 saturated heterocycles. The Bertz CT molecular complexity index is 394. The van der Waals surface area contributed by atoms with E-state index >= 15 is 0 Å². The van der Waals surface area contributed by atoms with Gasteiger partial charge in [-0.25, -0.2) is 0 Å². The molecular weight excluding hydrogens is 277 g/mol. The van der Waals surface area contributed by atoms with Crippen LogP contribution in [0.25, 0.3) is 0 Å². The highest BCUT2D eigenvalue weighted by Gasteiger charge is 2.19. The molecule has 1 amide bonds. The molecule has 0 N–H and O–H groups in total. The van der Waals surface area contributed by atoms with E-state index in [4.69, 9.17) is 11.6 Å². The SMILES string of the molecule is O=C1CCCCN1c1ccc(Cl)c(Br)c1. The van der Waals surface area contributed by atoms with Crippen LogP contribution in [0.4, 0.5) is 5.69 Å². The lowest BCUT2D eigenvalue weighted by Crippen LogP contribution is -2.35. The van der Waals surface area contributed by atoms with Crippen LogP contribution in [0.15, 0.2) is 22.7 Å². The van der Waals surface area contributed by atoms with Crippen molar-refractivity contribution >= 4 is 39.1 Å². The van der Waals surface area contributed by atoms with Crippen LogP contribution in [-0.2, 0) is 4.79 Å². The average Bonchev–Trinajstić information content (AvgIpc) is 2.23. The fraction of sp³-hybridized carbons (Fsp3) is 0.364. The highest BCUT2D eigenvalue weighted by molar-refractivity contribution is 9.10. The Hall–Kier alpha value is -0.540. The minimum Gasteiger partial charge on any atom is -0.312 e. The van der Waals surface area contributed by atoms with Gasteiger partial charge in [0.15, 0.2) is 0 Å². The third-order valence-electron chi connectivity index (χ3n) is 2.54. The van der Waals surface area contributed by atoms with Gasteiger partial charge >= 0.3 is 0 Å². The summed E-state index contributed by atoms with van der Waals surface area (Å²) in [6, 6.07) is 5.59. The van der Waals surface area contributed by atoms with E-state index in [0.29, 0.717) is 11.4 Å². The maximum atomic E-state index is 11.7. The summed E-state index contributed by atoms with van der Waals surface area (Å²) in [6.45, 7) is 0.812. The van der Waals surface area contributed by atoms with Crippen LogP contribution in [0.1, 0.15) is 19.3 Å². The lowest BCUT2D eigenvalue weighted by atomic mass is 10.1. The van der Waals surface area contributed by atoms with Crippen molar-refractivity contribution in [2.24, 2.45) is 0 Å². The van der Waals surface area contributed by atoms with Gasteiger partial charge in [0.1, 0.15) is 0 Å². The first-order valence-electron chi connectivity index (χ1n) is 4.94. The summed E-state index contributed by atoms with van der Waals surface area (Å²) in [5.74, 6) is 0.204. The lowest BCUT2D eigenvalue weighted by molar-refractivity contribution is -0.119. The van der Waals surface area contributed by atoms with E-state index in [9.17, 15) is 4.79 Å². The second-order valence-corrected chi connectivity index (χ2v) is 4.86. The standard InChI is InChI=1S/C11H11BrClNO/c12-9-7-8(4-5-10(9)13)14-6-2-1-3-11(14)15/h4-5,7H,1-3,6H2. The van der Waals surface area contributed by atoms with Gasteiger partial charge in [-0.15, -0.1) is 0 Å². The number of hydrogen-bond donors (Lipinski definition) is 0. The van der Waals surface area contributed by atoms with Crippen molar-refractivity contribution < 1.29 is 4.79 Å². The maximum absolute atomic E-state index is 11.7. The summed E-state index contributed by atoms with van der Waals surface area (Å²) >= 11 is 9.27. The van der Waals surface area contributed by atoms with E-state index in [0.717, 1.165) is 29.5 Å². The Morgan fingerprint density at radius 1 is 1.33 bits per heavy atom. The first kappa shape index (κ1) is 11.0. The molecule has 1 aromatic carbocycles. The molecule has 1 aliphatic rings. The number of piperidine rings is 1. The van der Waals surface area contributed by atoms with Crippen LogP contribution in [0.2, 0.25) is 5.02 Å². The number of hydrogen-bond acceptors (Lipinski definition) is 1. The summed E-state index contributed by atoms with van der Waals surface area (Å²) in [5.41, 5.74) is 0.927. The van der Waals surface area contributed by atoms with Crippen LogP contribution < -0.4 is 4.90 Å². The Morgan fingerprint density at radius 3 is 2.80 bits per heavy atom. The fourth-order valence-corrected chi connectivity index (χ4v) is 2.22. The number of halogens is 2. The van der Waals surface area contributed by atoms with Crippen molar-refractivity contribution in [3.8, 4) is 0 Å². The molecule has 0 radical (unpaired) electrons. The molecule has 0 saturated carbocycles. The number of nitrogens with zero attached hydrogens (tertiary/aromatic N) is 1. The first-order chi connectivity index (χ1) is 7.18. The summed E-state index contributed by atoms with van der Waals surface area (Å²) < 4.78 is 0.833. The molecule has 80 valence electrons. The zero-order chi connectivity index (χ0) is 10.8. The number of carbonyl (C=O) groups excluding carboxylic acids is 1. The van der Waals surface area contributed by atoms with Crippen molar-refractivity contribution in [3.05, 3.63) is 27.7 Å². The Balaban J connectivity index is 2.28. The second kappa shape index (κ2) is 4.54. The molecule has 2 rings (SSSR count). The molecule has 15 heavy (non-hydrogen) atoms. The Kier molecular flexibility index (Phi) is 3.32. The molecule has 0 bridgehead atoms. The predicted octanol–water partition coefficient (Wildman–Crippen LogP) is 3.62. The molecule has 1 heterocycles. The van der Waals surface area contributed by atoms with Crippen molar-refractivity contribution in [2.75, 3.05) is 11.4 Å². The van der Waals surface area contributed by atoms with E-state index in [1.807, 2.05) is 23.1 Å². The Morgan fingerprint density at radius 2 is 2.13 bits per heavy atom. The molecule has 1 aliphatic heterocycles. The Labute approximate surface area is 102 Å². The third-order valence-corrected chi connectivity index (χ3v) is 3.75. The van der Waals surface area contributed by atoms with E-state index < -0.39 is 0 Å². The predicted molar refractivity (Wildman–Crippen MR) is 65.4 cm³/mol. The second-order valence-electron chi connectivity index (χ2n) is 3.60. The van der Waals surface area contributed by atoms with E-state index in [-0.39, 0.29) is 5.91 Å². The van der Waals surface area contributed by atoms with Gasteiger partial charge < -0.3 is 4.90 Å². The van der Waals surface area contributed by atoms with Gasteiger partial charge in [0.25, 0.3) is 0 Å². The molecule has 0 spiro atoms. The number of carbonyl (C=O) groups is 1. The molecular formula is C11H11BrClNO. The minimum absolute atomic E-state index is 0.204. The van der Waals surface area contributed by atoms with Gasteiger partial charge in [-0.2, -0.15) is 0 Å². The van der Waals surface area contributed by atoms with Crippen molar-refractivity contribution in [2.45, 2.75) is 19.3 Å². The average molecular weight is 289 g/mol. The monoisotopic (exact) mass is 287 g/mol. The molecule has 2 nitrogen and oxygen atoms in total. The largest absolute Gasteiger partial charge is 0.312 e. The number of benzene rings is 1. The van der Waals surface area contributed by atoms with Gasteiger partial charge in [0.05, 0.1) is 5.02 Å². The van der Waals surface area contributed by atoms with Crippen LogP contribution >= 0.6 is 27.5 Å². The maximum Gasteiger partial charge on any atom is 0.226 e. The topological polar surface area (TPSA) is 20.3 Å². The van der Waals surface area contributed by atoms with E-state index in [1.165, 1.54) is 0 Å². The molecule has 0 unspecified atom stereocenters. The molecule has 4 heteroatoms.